The first-order chi connectivity index (χ1) is 11.3. The lowest BCUT2D eigenvalue weighted by Crippen LogP contribution is -2.23. The molecule has 0 heterocycles. The Kier molecular flexibility index (Phi) is 5.48. The Balaban J connectivity index is 2.17. The number of carbonyl (C=O) groups is 1. The molecule has 0 spiro atoms. The summed E-state index contributed by atoms with van der Waals surface area (Å²) < 4.78 is 39.5. The van der Waals surface area contributed by atoms with E-state index in [4.69, 9.17) is 0 Å². The van der Waals surface area contributed by atoms with Crippen molar-refractivity contribution in [1.29, 1.82) is 0 Å². The molecule has 5 nitrogen and oxygen atoms in total. The van der Waals surface area contributed by atoms with Crippen molar-refractivity contribution in [3.05, 3.63) is 72.1 Å². The fourth-order valence-corrected chi connectivity index (χ4v) is 2.96. The molecule has 126 valence electrons. The fraction of sp³-hybridized carbons (Fsp3) is 0.118. The molecule has 1 amide bonds. The van der Waals surface area contributed by atoms with Crippen LogP contribution in [0, 0.1) is 12.7 Å². The molecule has 2 aromatic rings. The zero-order valence-corrected chi connectivity index (χ0v) is 13.9. The van der Waals surface area contributed by atoms with Crippen molar-refractivity contribution >= 4 is 21.6 Å². The molecule has 0 aliphatic heterocycles. The second-order valence-corrected chi connectivity index (χ2v) is 6.85. The Morgan fingerprint density at radius 3 is 2.50 bits per heavy atom. The van der Waals surface area contributed by atoms with Crippen LogP contribution < -0.4 is 10.0 Å². The highest BCUT2D eigenvalue weighted by molar-refractivity contribution is 7.89. The van der Waals surface area contributed by atoms with Crippen molar-refractivity contribution in [2.45, 2.75) is 11.8 Å². The molecule has 2 rings (SSSR count). The highest BCUT2D eigenvalue weighted by Crippen LogP contribution is 2.18. The van der Waals surface area contributed by atoms with Gasteiger partial charge in [-0.15, -0.1) is 6.58 Å². The lowest BCUT2D eigenvalue weighted by molar-refractivity contribution is 0.102. The predicted molar refractivity (Wildman–Crippen MR) is 90.9 cm³/mol. The van der Waals surface area contributed by atoms with Gasteiger partial charge in [0.25, 0.3) is 5.91 Å². The summed E-state index contributed by atoms with van der Waals surface area (Å²) in [7, 11) is -3.64. The zero-order valence-electron chi connectivity index (χ0n) is 13.0. The molecule has 0 unspecified atom stereocenters. The van der Waals surface area contributed by atoms with Gasteiger partial charge in [-0.1, -0.05) is 12.1 Å². The van der Waals surface area contributed by atoms with E-state index < -0.39 is 21.7 Å². The van der Waals surface area contributed by atoms with E-state index in [1.807, 2.05) is 0 Å². The van der Waals surface area contributed by atoms with E-state index in [0.717, 1.165) is 5.56 Å². The Morgan fingerprint density at radius 1 is 1.21 bits per heavy atom. The summed E-state index contributed by atoms with van der Waals surface area (Å²) in [5, 5.41) is 2.60. The summed E-state index contributed by atoms with van der Waals surface area (Å²) in [5.41, 5.74) is 1.35. The number of anilines is 1. The van der Waals surface area contributed by atoms with Crippen LogP contribution in [0.15, 0.2) is 60.0 Å². The van der Waals surface area contributed by atoms with E-state index in [0.29, 0.717) is 5.69 Å². The highest BCUT2D eigenvalue weighted by Gasteiger charge is 2.14. The minimum Gasteiger partial charge on any atom is -0.322 e. The third-order valence-electron chi connectivity index (χ3n) is 3.29. The molecule has 0 aromatic heterocycles. The average molecular weight is 348 g/mol. The van der Waals surface area contributed by atoms with Gasteiger partial charge in [-0.2, -0.15) is 0 Å². The van der Waals surface area contributed by atoms with Gasteiger partial charge in [0.1, 0.15) is 5.82 Å². The highest BCUT2D eigenvalue weighted by atomic mass is 32.2. The number of carbonyl (C=O) groups excluding carboxylic acids is 1. The van der Waals surface area contributed by atoms with Crippen molar-refractivity contribution in [3.8, 4) is 0 Å². The molecule has 0 atom stereocenters. The number of amides is 1. The molecule has 0 saturated heterocycles. The summed E-state index contributed by atoms with van der Waals surface area (Å²) in [4.78, 5) is 12.2. The van der Waals surface area contributed by atoms with Crippen LogP contribution in [0.5, 0.6) is 0 Å². The number of halogens is 1. The minimum atomic E-state index is -3.64. The molecule has 7 heteroatoms. The molecular weight excluding hydrogens is 331 g/mol. The second-order valence-electron chi connectivity index (χ2n) is 5.08. The van der Waals surface area contributed by atoms with Gasteiger partial charge in [0, 0.05) is 17.8 Å². The number of rotatable bonds is 6. The van der Waals surface area contributed by atoms with Crippen molar-refractivity contribution in [3.63, 3.8) is 0 Å². The van der Waals surface area contributed by atoms with Crippen LogP contribution in [0.4, 0.5) is 10.1 Å². The monoisotopic (exact) mass is 348 g/mol. The fourth-order valence-electron chi connectivity index (χ4n) is 1.96. The van der Waals surface area contributed by atoms with Gasteiger partial charge in [0.2, 0.25) is 10.0 Å². The van der Waals surface area contributed by atoms with Crippen LogP contribution in [0.3, 0.4) is 0 Å². The number of hydrogen-bond donors (Lipinski definition) is 2. The maximum Gasteiger partial charge on any atom is 0.255 e. The average Bonchev–Trinajstić information content (AvgIpc) is 2.56. The molecule has 2 N–H and O–H groups in total. The lowest BCUT2D eigenvalue weighted by Gasteiger charge is -2.09. The summed E-state index contributed by atoms with van der Waals surface area (Å²) in [6, 6.07) is 9.55. The standard InChI is InChI=1S/C17H17FN2O3S/c1-3-10-19-24(22,23)15-8-5-13(6-9-15)17(21)20-16-11-14(18)7-4-12(16)2/h3-9,11,19H,1,10H2,2H3,(H,20,21). The number of nitrogens with one attached hydrogen (secondary N) is 2. The van der Waals surface area contributed by atoms with Crippen molar-refractivity contribution < 1.29 is 17.6 Å². The summed E-state index contributed by atoms with van der Waals surface area (Å²) in [6.45, 7) is 5.30. The number of sulfonamides is 1. The van der Waals surface area contributed by atoms with Crippen molar-refractivity contribution in [1.82, 2.24) is 4.72 Å². The van der Waals surface area contributed by atoms with E-state index in [2.05, 4.69) is 16.6 Å². The van der Waals surface area contributed by atoms with Gasteiger partial charge in [-0.3, -0.25) is 4.79 Å². The lowest BCUT2D eigenvalue weighted by atomic mass is 10.1. The molecule has 24 heavy (non-hydrogen) atoms. The van der Waals surface area contributed by atoms with Gasteiger partial charge < -0.3 is 5.32 Å². The quantitative estimate of drug-likeness (QED) is 0.788. The molecule has 0 saturated carbocycles. The third-order valence-corrected chi connectivity index (χ3v) is 4.73. The summed E-state index contributed by atoms with van der Waals surface area (Å²) in [6.07, 6.45) is 1.43. The first-order valence-corrected chi connectivity index (χ1v) is 8.60. The van der Waals surface area contributed by atoms with Crippen LogP contribution in [0.25, 0.3) is 0 Å². The van der Waals surface area contributed by atoms with Crippen LogP contribution in [-0.4, -0.2) is 20.9 Å². The molecule has 0 fully saturated rings. The minimum absolute atomic E-state index is 0.0443. The smallest absolute Gasteiger partial charge is 0.255 e. The van der Waals surface area contributed by atoms with Gasteiger partial charge in [0.05, 0.1) is 4.90 Å². The predicted octanol–water partition coefficient (Wildman–Crippen LogP) is 2.85. The number of benzene rings is 2. The largest absolute Gasteiger partial charge is 0.322 e. The third kappa shape index (κ3) is 4.27. The first kappa shape index (κ1) is 17.8. The normalized spacial score (nSPS) is 11.1. The van der Waals surface area contributed by atoms with Crippen molar-refractivity contribution in [2.24, 2.45) is 0 Å². The van der Waals surface area contributed by atoms with Gasteiger partial charge in [0.15, 0.2) is 0 Å². The first-order valence-electron chi connectivity index (χ1n) is 7.11. The Labute approximate surface area is 140 Å². The van der Waals surface area contributed by atoms with Crippen LogP contribution in [0.2, 0.25) is 0 Å². The second kappa shape index (κ2) is 7.37. The van der Waals surface area contributed by atoms with E-state index in [1.54, 1.807) is 13.0 Å². The number of hydrogen-bond acceptors (Lipinski definition) is 3. The van der Waals surface area contributed by atoms with Crippen LogP contribution >= 0.6 is 0 Å². The van der Waals surface area contributed by atoms with E-state index in [1.165, 1.54) is 42.5 Å². The topological polar surface area (TPSA) is 75.3 Å². The molecule has 0 aliphatic rings. The molecular formula is C17H17FN2O3S. The maximum atomic E-state index is 13.3. The molecule has 0 bridgehead atoms. The summed E-state index contributed by atoms with van der Waals surface area (Å²) in [5.74, 6) is -0.905. The van der Waals surface area contributed by atoms with E-state index in [9.17, 15) is 17.6 Å². The SMILES string of the molecule is C=CCNS(=O)(=O)c1ccc(C(=O)Nc2cc(F)ccc2C)cc1. The zero-order chi connectivity index (χ0) is 17.7. The van der Waals surface area contributed by atoms with Gasteiger partial charge in [-0.05, 0) is 48.9 Å². The Bertz CT molecular complexity index is 862. The van der Waals surface area contributed by atoms with Crippen LogP contribution in [-0.2, 0) is 10.0 Å². The number of aryl methyl sites for hydroxylation is 1. The van der Waals surface area contributed by atoms with E-state index in [-0.39, 0.29) is 17.0 Å². The van der Waals surface area contributed by atoms with Crippen LogP contribution in [0.1, 0.15) is 15.9 Å². The van der Waals surface area contributed by atoms with Gasteiger partial charge in [-0.25, -0.2) is 17.5 Å². The Hall–Kier alpha value is -2.51. The molecule has 0 radical (unpaired) electrons. The maximum absolute atomic E-state index is 13.3. The van der Waals surface area contributed by atoms with Gasteiger partial charge >= 0.3 is 0 Å². The molecule has 2 aromatic carbocycles. The van der Waals surface area contributed by atoms with Crippen molar-refractivity contribution in [2.75, 3.05) is 11.9 Å². The summed E-state index contributed by atoms with van der Waals surface area (Å²) >= 11 is 0. The molecule has 0 aliphatic carbocycles. The van der Waals surface area contributed by atoms with E-state index >= 15 is 0 Å². The Morgan fingerprint density at radius 2 is 1.88 bits per heavy atom.